The maximum atomic E-state index is 12.5. The Labute approximate surface area is 146 Å². The molecule has 128 valence electrons. The molecular weight excluding hydrogens is 326 g/mol. The lowest BCUT2D eigenvalue weighted by Gasteiger charge is -2.11. The second-order valence-electron chi connectivity index (χ2n) is 5.89. The fourth-order valence-corrected chi connectivity index (χ4v) is 2.44. The third-order valence-electron chi connectivity index (χ3n) is 3.60. The molecule has 0 saturated heterocycles. The van der Waals surface area contributed by atoms with Gasteiger partial charge in [-0.2, -0.15) is 0 Å². The predicted octanol–water partition coefficient (Wildman–Crippen LogP) is 2.23. The summed E-state index contributed by atoms with van der Waals surface area (Å²) in [6, 6.07) is 10.6. The molecule has 0 aliphatic heterocycles. The van der Waals surface area contributed by atoms with Gasteiger partial charge in [0.05, 0.1) is 6.54 Å². The molecule has 1 N–H and O–H groups in total. The Bertz CT molecular complexity index is 739. The van der Waals surface area contributed by atoms with E-state index in [0.717, 1.165) is 18.5 Å². The molecule has 0 bridgehead atoms. The van der Waals surface area contributed by atoms with Crippen LogP contribution in [-0.4, -0.2) is 42.6 Å². The van der Waals surface area contributed by atoms with Crippen molar-refractivity contribution in [3.05, 3.63) is 69.1 Å². The van der Waals surface area contributed by atoms with Crippen molar-refractivity contribution >= 4 is 17.5 Å². The first-order valence-corrected chi connectivity index (χ1v) is 8.22. The topological polar surface area (TPSA) is 54.3 Å². The summed E-state index contributed by atoms with van der Waals surface area (Å²) in [5.41, 5.74) is 0.818. The summed E-state index contributed by atoms with van der Waals surface area (Å²) in [5.74, 6) is -0.329. The zero-order valence-corrected chi connectivity index (χ0v) is 14.7. The van der Waals surface area contributed by atoms with Gasteiger partial charge in [-0.05, 0) is 56.9 Å². The molecule has 0 aliphatic carbocycles. The molecule has 1 heterocycles. The van der Waals surface area contributed by atoms with Crippen molar-refractivity contribution in [2.24, 2.45) is 0 Å². The number of nitrogens with zero attached hydrogens (tertiary/aromatic N) is 2. The number of hydrogen-bond donors (Lipinski definition) is 1. The van der Waals surface area contributed by atoms with Crippen molar-refractivity contribution < 1.29 is 4.79 Å². The van der Waals surface area contributed by atoms with Gasteiger partial charge in [0, 0.05) is 17.8 Å². The molecule has 1 amide bonds. The van der Waals surface area contributed by atoms with E-state index in [9.17, 15) is 9.59 Å². The number of carbonyl (C=O) groups excluding carboxylic acids is 1. The van der Waals surface area contributed by atoms with Crippen LogP contribution in [0.25, 0.3) is 0 Å². The van der Waals surface area contributed by atoms with Crippen molar-refractivity contribution in [3.63, 3.8) is 0 Å². The Hall–Kier alpha value is -2.11. The van der Waals surface area contributed by atoms with Crippen molar-refractivity contribution in [1.29, 1.82) is 0 Å². The van der Waals surface area contributed by atoms with Gasteiger partial charge in [-0.3, -0.25) is 9.59 Å². The van der Waals surface area contributed by atoms with Crippen LogP contribution in [0.2, 0.25) is 5.02 Å². The molecule has 6 heteroatoms. The van der Waals surface area contributed by atoms with Crippen LogP contribution >= 0.6 is 11.6 Å². The Balaban J connectivity index is 2.05. The number of hydrogen-bond acceptors (Lipinski definition) is 3. The standard InChI is InChI=1S/C18H22ClN3O2/c1-21(2)11-4-10-20-17(23)16-5-3-12-22(18(16)24)13-14-6-8-15(19)9-7-14/h3,5-9,12H,4,10-11,13H2,1-2H3,(H,20,23). The van der Waals surface area contributed by atoms with Gasteiger partial charge in [0.2, 0.25) is 0 Å². The zero-order valence-electron chi connectivity index (χ0n) is 14.0. The lowest BCUT2D eigenvalue weighted by atomic mass is 10.2. The Kier molecular flexibility index (Phi) is 6.58. The monoisotopic (exact) mass is 347 g/mol. The lowest BCUT2D eigenvalue weighted by molar-refractivity contribution is 0.0950. The summed E-state index contributed by atoms with van der Waals surface area (Å²) < 4.78 is 1.53. The van der Waals surface area contributed by atoms with Gasteiger partial charge >= 0.3 is 0 Å². The number of pyridine rings is 1. The summed E-state index contributed by atoms with van der Waals surface area (Å²) in [5, 5.41) is 3.45. The van der Waals surface area contributed by atoms with Gasteiger partial charge in [-0.1, -0.05) is 23.7 Å². The number of rotatable bonds is 7. The second-order valence-corrected chi connectivity index (χ2v) is 6.33. The van der Waals surface area contributed by atoms with Crippen LogP contribution in [-0.2, 0) is 6.54 Å². The zero-order chi connectivity index (χ0) is 17.5. The van der Waals surface area contributed by atoms with E-state index in [1.807, 2.05) is 31.1 Å². The second kappa shape index (κ2) is 8.66. The fourth-order valence-electron chi connectivity index (χ4n) is 2.31. The summed E-state index contributed by atoms with van der Waals surface area (Å²) in [4.78, 5) is 26.7. The quantitative estimate of drug-likeness (QED) is 0.781. The minimum Gasteiger partial charge on any atom is -0.352 e. The molecule has 5 nitrogen and oxygen atoms in total. The van der Waals surface area contributed by atoms with Crippen molar-refractivity contribution in [2.75, 3.05) is 27.2 Å². The van der Waals surface area contributed by atoms with E-state index in [2.05, 4.69) is 5.32 Å². The molecule has 1 aromatic carbocycles. The molecule has 0 radical (unpaired) electrons. The highest BCUT2D eigenvalue weighted by atomic mass is 35.5. The van der Waals surface area contributed by atoms with Crippen molar-refractivity contribution in [1.82, 2.24) is 14.8 Å². The summed E-state index contributed by atoms with van der Waals surface area (Å²) >= 11 is 5.87. The number of nitrogens with one attached hydrogen (secondary N) is 1. The van der Waals surface area contributed by atoms with E-state index >= 15 is 0 Å². The van der Waals surface area contributed by atoms with Gasteiger partial charge in [-0.25, -0.2) is 0 Å². The van der Waals surface area contributed by atoms with Gasteiger partial charge < -0.3 is 14.8 Å². The molecular formula is C18H22ClN3O2. The van der Waals surface area contributed by atoms with Gasteiger partial charge in [0.15, 0.2) is 0 Å². The fraction of sp³-hybridized carbons (Fsp3) is 0.333. The number of carbonyl (C=O) groups is 1. The van der Waals surface area contributed by atoms with Gasteiger partial charge in [0.1, 0.15) is 5.56 Å². The van der Waals surface area contributed by atoms with Crippen LogP contribution in [0.3, 0.4) is 0 Å². The van der Waals surface area contributed by atoms with E-state index in [1.54, 1.807) is 30.5 Å². The molecule has 0 fully saturated rings. The third-order valence-corrected chi connectivity index (χ3v) is 3.85. The van der Waals surface area contributed by atoms with Crippen LogP contribution in [0.5, 0.6) is 0 Å². The minimum atomic E-state index is -0.329. The first-order valence-electron chi connectivity index (χ1n) is 7.84. The van der Waals surface area contributed by atoms with Crippen molar-refractivity contribution in [3.8, 4) is 0 Å². The maximum Gasteiger partial charge on any atom is 0.263 e. The average Bonchev–Trinajstić information content (AvgIpc) is 2.55. The van der Waals surface area contributed by atoms with E-state index in [0.29, 0.717) is 18.1 Å². The first kappa shape index (κ1) is 18.2. The van der Waals surface area contributed by atoms with E-state index in [4.69, 9.17) is 11.6 Å². The minimum absolute atomic E-state index is 0.163. The molecule has 0 spiro atoms. The molecule has 0 saturated carbocycles. The summed E-state index contributed by atoms with van der Waals surface area (Å²) in [6.07, 6.45) is 2.52. The molecule has 2 aromatic rings. The normalized spacial score (nSPS) is 10.8. The molecule has 0 aliphatic rings. The number of aromatic nitrogens is 1. The molecule has 1 aromatic heterocycles. The Morgan fingerprint density at radius 2 is 1.92 bits per heavy atom. The lowest BCUT2D eigenvalue weighted by Crippen LogP contribution is -2.34. The highest BCUT2D eigenvalue weighted by Gasteiger charge is 2.11. The molecule has 0 unspecified atom stereocenters. The maximum absolute atomic E-state index is 12.5. The van der Waals surface area contributed by atoms with Crippen LogP contribution in [0.4, 0.5) is 0 Å². The van der Waals surface area contributed by atoms with Crippen LogP contribution in [0, 0.1) is 0 Å². The van der Waals surface area contributed by atoms with E-state index in [-0.39, 0.29) is 17.0 Å². The SMILES string of the molecule is CN(C)CCCNC(=O)c1cccn(Cc2ccc(Cl)cc2)c1=O. The van der Waals surface area contributed by atoms with Crippen molar-refractivity contribution in [2.45, 2.75) is 13.0 Å². The number of halogens is 1. The van der Waals surface area contributed by atoms with Crippen LogP contribution in [0.1, 0.15) is 22.3 Å². The highest BCUT2D eigenvalue weighted by molar-refractivity contribution is 6.30. The number of benzene rings is 1. The smallest absolute Gasteiger partial charge is 0.263 e. The third kappa shape index (κ3) is 5.22. The van der Waals surface area contributed by atoms with Gasteiger partial charge in [0.25, 0.3) is 11.5 Å². The molecule has 0 atom stereocenters. The largest absolute Gasteiger partial charge is 0.352 e. The van der Waals surface area contributed by atoms with E-state index < -0.39 is 0 Å². The Morgan fingerprint density at radius 1 is 1.21 bits per heavy atom. The van der Waals surface area contributed by atoms with E-state index in [1.165, 1.54) is 4.57 Å². The highest BCUT2D eigenvalue weighted by Crippen LogP contribution is 2.10. The van der Waals surface area contributed by atoms with Gasteiger partial charge in [-0.15, -0.1) is 0 Å². The molecule has 24 heavy (non-hydrogen) atoms. The molecule has 2 rings (SSSR count). The predicted molar refractivity (Wildman–Crippen MR) is 96.8 cm³/mol. The van der Waals surface area contributed by atoms with Crippen LogP contribution in [0.15, 0.2) is 47.4 Å². The summed E-state index contributed by atoms with van der Waals surface area (Å²) in [7, 11) is 3.96. The summed E-state index contributed by atoms with van der Waals surface area (Å²) in [6.45, 7) is 1.83. The Morgan fingerprint density at radius 3 is 2.58 bits per heavy atom. The number of amides is 1. The van der Waals surface area contributed by atoms with Crippen LogP contribution < -0.4 is 10.9 Å². The first-order chi connectivity index (χ1) is 11.5. The average molecular weight is 348 g/mol.